The van der Waals surface area contributed by atoms with E-state index in [1.807, 2.05) is 0 Å². The minimum atomic E-state index is -0.962. The molecule has 0 radical (unpaired) electrons. The van der Waals surface area contributed by atoms with E-state index in [-0.39, 0.29) is 30.4 Å². The number of guanidine groups is 1. The highest BCUT2D eigenvalue weighted by Crippen LogP contribution is 2.00. The predicted octanol–water partition coefficient (Wildman–Crippen LogP) is -4.20. The van der Waals surface area contributed by atoms with Crippen LogP contribution in [0.2, 0.25) is 0 Å². The topological polar surface area (TPSA) is 221 Å². The molecule has 0 unspecified atom stereocenters. The quantitative estimate of drug-likeness (QED) is 0.0598. The largest absolute Gasteiger partial charge is 0.370 e. The molecule has 11 N–H and O–H groups in total. The van der Waals surface area contributed by atoms with E-state index < -0.39 is 48.3 Å². The SMILES string of the molecule is NC(=O)[C@H](CS)NC(=O)CNC(=O)[C@H](CCCN=C(N)N)NC(=O)[C@@H](N)CS. The molecule has 0 saturated carbocycles. The Morgan fingerprint density at radius 3 is 2.07 bits per heavy atom. The van der Waals surface area contributed by atoms with Gasteiger partial charge in [0.1, 0.15) is 12.1 Å². The maximum Gasteiger partial charge on any atom is 0.243 e. The average Bonchev–Trinajstić information content (AvgIpc) is 2.64. The molecule has 0 bridgehead atoms. The first-order valence-corrected chi connectivity index (χ1v) is 9.58. The number of nitrogens with two attached hydrogens (primary N) is 4. The fraction of sp³-hybridized carbons (Fsp3) is 0.643. The van der Waals surface area contributed by atoms with Gasteiger partial charge in [-0.1, -0.05) is 0 Å². The van der Waals surface area contributed by atoms with Crippen molar-refractivity contribution < 1.29 is 19.2 Å². The van der Waals surface area contributed by atoms with Gasteiger partial charge in [0.25, 0.3) is 0 Å². The highest BCUT2D eigenvalue weighted by atomic mass is 32.1. The molecular weight excluding hydrogens is 408 g/mol. The van der Waals surface area contributed by atoms with Gasteiger partial charge in [0.05, 0.1) is 12.6 Å². The van der Waals surface area contributed by atoms with Crippen molar-refractivity contribution in [1.82, 2.24) is 16.0 Å². The van der Waals surface area contributed by atoms with Gasteiger partial charge in [-0.05, 0) is 12.8 Å². The van der Waals surface area contributed by atoms with Gasteiger partial charge >= 0.3 is 0 Å². The minimum absolute atomic E-state index is 0.0140. The lowest BCUT2D eigenvalue weighted by Crippen LogP contribution is -2.54. The van der Waals surface area contributed by atoms with Crippen LogP contribution in [0.4, 0.5) is 0 Å². The molecule has 160 valence electrons. The number of hydrogen-bond acceptors (Lipinski definition) is 8. The molecule has 0 aromatic heterocycles. The van der Waals surface area contributed by atoms with Crippen molar-refractivity contribution >= 4 is 54.8 Å². The second-order valence-corrected chi connectivity index (χ2v) is 6.45. The third-order valence-corrected chi connectivity index (χ3v) is 4.15. The van der Waals surface area contributed by atoms with Crippen LogP contribution in [-0.4, -0.2) is 72.3 Å². The predicted molar refractivity (Wildman–Crippen MR) is 112 cm³/mol. The Kier molecular flexibility index (Phi) is 12.8. The van der Waals surface area contributed by atoms with Crippen LogP contribution in [0.3, 0.4) is 0 Å². The van der Waals surface area contributed by atoms with Gasteiger partial charge in [-0.3, -0.25) is 24.2 Å². The van der Waals surface area contributed by atoms with E-state index >= 15 is 0 Å². The Hall–Kier alpha value is -2.19. The summed E-state index contributed by atoms with van der Waals surface area (Å²) < 4.78 is 0. The number of nitrogens with zero attached hydrogens (tertiary/aromatic N) is 1. The molecule has 0 fully saturated rings. The summed E-state index contributed by atoms with van der Waals surface area (Å²) in [6.07, 6.45) is 0.595. The zero-order valence-electron chi connectivity index (χ0n) is 15.3. The van der Waals surface area contributed by atoms with E-state index in [1.54, 1.807) is 0 Å². The molecule has 0 aromatic rings. The van der Waals surface area contributed by atoms with E-state index in [1.165, 1.54) is 0 Å². The lowest BCUT2D eigenvalue weighted by molar-refractivity contribution is -0.131. The summed E-state index contributed by atoms with van der Waals surface area (Å²) in [6, 6.07) is -2.82. The van der Waals surface area contributed by atoms with Crippen molar-refractivity contribution in [1.29, 1.82) is 0 Å². The number of carbonyl (C=O) groups is 4. The van der Waals surface area contributed by atoms with E-state index in [0.717, 1.165) is 0 Å². The number of nitrogens with one attached hydrogen (secondary N) is 3. The zero-order chi connectivity index (χ0) is 21.7. The number of thiol groups is 2. The first-order chi connectivity index (χ1) is 13.1. The Bertz CT molecular complexity index is 586. The number of amides is 4. The normalized spacial score (nSPS) is 13.5. The molecule has 0 aliphatic rings. The number of aliphatic imine (C=N–C) groups is 1. The maximum absolute atomic E-state index is 12.4. The molecule has 0 aromatic carbocycles. The summed E-state index contributed by atoms with van der Waals surface area (Å²) in [6.45, 7) is -0.168. The Labute approximate surface area is 173 Å². The van der Waals surface area contributed by atoms with Crippen LogP contribution >= 0.6 is 25.3 Å². The zero-order valence-corrected chi connectivity index (χ0v) is 17.0. The molecule has 0 saturated heterocycles. The van der Waals surface area contributed by atoms with Crippen LogP contribution < -0.4 is 38.9 Å². The number of carbonyl (C=O) groups excluding carboxylic acids is 4. The van der Waals surface area contributed by atoms with Crippen molar-refractivity contribution in [2.24, 2.45) is 27.9 Å². The van der Waals surface area contributed by atoms with Gasteiger partial charge in [0.2, 0.25) is 23.6 Å². The minimum Gasteiger partial charge on any atom is -0.370 e. The van der Waals surface area contributed by atoms with Gasteiger partial charge in [-0.2, -0.15) is 25.3 Å². The van der Waals surface area contributed by atoms with Crippen molar-refractivity contribution in [2.75, 3.05) is 24.6 Å². The fourth-order valence-electron chi connectivity index (χ4n) is 1.88. The number of primary amides is 1. The van der Waals surface area contributed by atoms with Crippen molar-refractivity contribution in [3.8, 4) is 0 Å². The van der Waals surface area contributed by atoms with Gasteiger partial charge < -0.3 is 38.9 Å². The van der Waals surface area contributed by atoms with E-state index in [0.29, 0.717) is 6.42 Å². The van der Waals surface area contributed by atoms with E-state index in [4.69, 9.17) is 22.9 Å². The molecule has 0 rings (SSSR count). The summed E-state index contributed by atoms with van der Waals surface area (Å²) in [7, 11) is 0. The third kappa shape index (κ3) is 10.8. The van der Waals surface area contributed by atoms with Gasteiger partial charge in [0.15, 0.2) is 5.96 Å². The van der Waals surface area contributed by atoms with Crippen molar-refractivity contribution in [2.45, 2.75) is 31.0 Å². The highest BCUT2D eigenvalue weighted by Gasteiger charge is 2.24. The van der Waals surface area contributed by atoms with Crippen LogP contribution in [0.5, 0.6) is 0 Å². The molecular formula is C14H28N8O4S2. The van der Waals surface area contributed by atoms with Gasteiger partial charge in [0, 0.05) is 18.1 Å². The fourth-order valence-corrected chi connectivity index (χ4v) is 2.31. The Morgan fingerprint density at radius 1 is 0.929 bits per heavy atom. The lowest BCUT2D eigenvalue weighted by atomic mass is 10.1. The Morgan fingerprint density at radius 2 is 1.57 bits per heavy atom. The standard InChI is InChI=1S/C14H28N8O4S2/c15-7(5-27)12(25)22-8(2-1-3-19-14(17)18)13(26)20-4-10(23)21-9(6-28)11(16)24/h7-9,27-28H,1-6,15H2,(H2,16,24)(H,20,26)(H,21,23)(H,22,25)(H4,17,18,19)/t7-,8-,9-/m0/s1. The van der Waals surface area contributed by atoms with Crippen molar-refractivity contribution in [3.05, 3.63) is 0 Å². The summed E-state index contributed by atoms with van der Waals surface area (Å²) in [5.74, 6) is -2.54. The van der Waals surface area contributed by atoms with Crippen LogP contribution in [0.25, 0.3) is 0 Å². The van der Waals surface area contributed by atoms with E-state index in [2.05, 4.69) is 46.2 Å². The Balaban J connectivity index is 4.79. The second kappa shape index (κ2) is 13.9. The molecule has 0 aliphatic carbocycles. The van der Waals surface area contributed by atoms with Crippen LogP contribution in [0.1, 0.15) is 12.8 Å². The smallest absolute Gasteiger partial charge is 0.243 e. The molecule has 12 nitrogen and oxygen atoms in total. The maximum atomic E-state index is 12.4. The molecule has 28 heavy (non-hydrogen) atoms. The first kappa shape index (κ1) is 25.8. The van der Waals surface area contributed by atoms with Crippen molar-refractivity contribution in [3.63, 3.8) is 0 Å². The number of rotatable bonds is 13. The van der Waals surface area contributed by atoms with Crippen LogP contribution in [0, 0.1) is 0 Å². The monoisotopic (exact) mass is 436 g/mol. The lowest BCUT2D eigenvalue weighted by Gasteiger charge is -2.20. The van der Waals surface area contributed by atoms with Crippen LogP contribution in [0.15, 0.2) is 4.99 Å². The molecule has 3 atom stereocenters. The highest BCUT2D eigenvalue weighted by molar-refractivity contribution is 7.80. The summed E-state index contributed by atoms with van der Waals surface area (Å²) in [4.78, 5) is 51.0. The number of hydrogen-bond donors (Lipinski definition) is 9. The summed E-state index contributed by atoms with van der Waals surface area (Å²) in [5, 5.41) is 7.20. The van der Waals surface area contributed by atoms with E-state index in [9.17, 15) is 19.2 Å². The third-order valence-electron chi connectivity index (χ3n) is 3.40. The van der Waals surface area contributed by atoms with Crippen LogP contribution in [-0.2, 0) is 19.2 Å². The molecule has 14 heteroatoms. The summed E-state index contributed by atoms with van der Waals surface area (Å²) >= 11 is 7.84. The second-order valence-electron chi connectivity index (χ2n) is 5.72. The van der Waals surface area contributed by atoms with Gasteiger partial charge in [-0.25, -0.2) is 0 Å². The van der Waals surface area contributed by atoms with Gasteiger partial charge in [-0.15, -0.1) is 0 Å². The molecule has 4 amide bonds. The average molecular weight is 437 g/mol. The molecule has 0 heterocycles. The molecule has 0 aliphatic heterocycles. The molecule has 0 spiro atoms. The summed E-state index contributed by atoms with van der Waals surface area (Å²) in [5.41, 5.74) is 21.2. The first-order valence-electron chi connectivity index (χ1n) is 8.31.